The molecule has 0 radical (unpaired) electrons. The van der Waals surface area contributed by atoms with Gasteiger partial charge in [-0.15, -0.1) is 0 Å². The second-order valence-electron chi connectivity index (χ2n) is 8.36. The molecule has 1 aromatic carbocycles. The van der Waals surface area contributed by atoms with E-state index in [1.165, 1.54) is 13.0 Å². The van der Waals surface area contributed by atoms with Crippen LogP contribution in [-0.4, -0.2) is 64.2 Å². The third kappa shape index (κ3) is 4.72. The summed E-state index contributed by atoms with van der Waals surface area (Å²) in [7, 11) is -7.50. The smallest absolute Gasteiger partial charge is 0.184 e. The summed E-state index contributed by atoms with van der Waals surface area (Å²) in [6.07, 6.45) is 3.76. The molecule has 2 saturated heterocycles. The molecule has 31 heavy (non-hydrogen) atoms. The lowest BCUT2D eigenvalue weighted by molar-refractivity contribution is 0.206. The van der Waals surface area contributed by atoms with Crippen LogP contribution in [0.15, 0.2) is 45.9 Å². The van der Waals surface area contributed by atoms with E-state index in [9.17, 15) is 21.2 Å². The minimum absolute atomic E-state index is 0.0232. The molecule has 170 valence electrons. The van der Waals surface area contributed by atoms with Gasteiger partial charge in [0.05, 0.1) is 34.0 Å². The van der Waals surface area contributed by atoms with Gasteiger partial charge in [-0.3, -0.25) is 4.90 Å². The van der Waals surface area contributed by atoms with Crippen LogP contribution < -0.4 is 5.32 Å². The zero-order valence-electron chi connectivity index (χ0n) is 17.3. The third-order valence-corrected chi connectivity index (χ3v) is 10.5. The van der Waals surface area contributed by atoms with Crippen molar-refractivity contribution in [2.24, 2.45) is 0 Å². The highest BCUT2D eigenvalue weighted by atomic mass is 32.2. The second kappa shape index (κ2) is 8.65. The van der Waals surface area contributed by atoms with Crippen molar-refractivity contribution in [3.05, 3.63) is 53.7 Å². The Balaban J connectivity index is 1.58. The number of likely N-dealkylation sites (tertiary alicyclic amines) is 1. The highest BCUT2D eigenvalue weighted by Gasteiger charge is 2.46. The standard InChI is InChI=1S/C21H27FN2O5S2/c1-15-11-16(22)6-7-20(15)31(27,28)21-14-30(25,26)13-17(21)23-12-18(19-5-4-10-29-19)24-8-2-3-9-24/h4-7,10-11,17-18,21,23H,2-3,8-9,12-14H2,1H3/t17-,18?,21-/m0/s1. The Morgan fingerprint density at radius 2 is 1.97 bits per heavy atom. The van der Waals surface area contributed by atoms with Gasteiger partial charge in [-0.05, 0) is 68.8 Å². The summed E-state index contributed by atoms with van der Waals surface area (Å²) in [6.45, 7) is 3.71. The first-order valence-corrected chi connectivity index (χ1v) is 13.8. The lowest BCUT2D eigenvalue weighted by Crippen LogP contribution is -2.46. The summed E-state index contributed by atoms with van der Waals surface area (Å²) in [6, 6.07) is 6.30. The highest BCUT2D eigenvalue weighted by molar-refractivity contribution is 7.96. The summed E-state index contributed by atoms with van der Waals surface area (Å²) in [5.41, 5.74) is 0.272. The topological polar surface area (TPSA) is 96.7 Å². The normalized spacial score (nSPS) is 25.1. The molecular formula is C21H27FN2O5S2. The molecule has 4 rings (SSSR count). The Morgan fingerprint density at radius 1 is 1.23 bits per heavy atom. The van der Waals surface area contributed by atoms with Crippen LogP contribution in [0.1, 0.15) is 30.2 Å². The maximum absolute atomic E-state index is 13.5. The van der Waals surface area contributed by atoms with E-state index < -0.39 is 42.5 Å². The molecule has 0 bridgehead atoms. The molecule has 7 nitrogen and oxygen atoms in total. The van der Waals surface area contributed by atoms with Gasteiger partial charge in [-0.2, -0.15) is 0 Å². The molecule has 3 heterocycles. The molecule has 2 aromatic rings. The highest BCUT2D eigenvalue weighted by Crippen LogP contribution is 2.30. The average molecular weight is 471 g/mol. The van der Waals surface area contributed by atoms with Crippen LogP contribution in [0.25, 0.3) is 0 Å². The Kier molecular flexibility index (Phi) is 6.26. The number of benzene rings is 1. The van der Waals surface area contributed by atoms with Crippen LogP contribution in [0.2, 0.25) is 0 Å². The van der Waals surface area contributed by atoms with Crippen LogP contribution in [0.3, 0.4) is 0 Å². The van der Waals surface area contributed by atoms with Gasteiger partial charge >= 0.3 is 0 Å². The molecule has 2 aliphatic heterocycles. The molecule has 0 spiro atoms. The quantitative estimate of drug-likeness (QED) is 0.619. The van der Waals surface area contributed by atoms with Crippen molar-refractivity contribution in [1.82, 2.24) is 10.2 Å². The molecule has 2 aliphatic rings. The summed E-state index contributed by atoms with van der Waals surface area (Å²) in [5, 5.41) is 2.10. The van der Waals surface area contributed by atoms with Gasteiger partial charge < -0.3 is 9.73 Å². The lowest BCUT2D eigenvalue weighted by Gasteiger charge is -2.28. The molecule has 3 atom stereocenters. The number of aryl methyl sites for hydroxylation is 1. The van der Waals surface area contributed by atoms with Gasteiger partial charge in [0.2, 0.25) is 0 Å². The van der Waals surface area contributed by atoms with Crippen LogP contribution in [0.4, 0.5) is 4.39 Å². The summed E-state index contributed by atoms with van der Waals surface area (Å²) in [5.74, 6) is -0.456. The van der Waals surface area contributed by atoms with E-state index in [1.807, 2.05) is 12.1 Å². The number of halogens is 1. The third-order valence-electron chi connectivity index (χ3n) is 6.17. The first-order valence-electron chi connectivity index (χ1n) is 10.4. The van der Waals surface area contributed by atoms with Crippen LogP contribution in [0, 0.1) is 12.7 Å². The van der Waals surface area contributed by atoms with E-state index in [0.29, 0.717) is 6.54 Å². The largest absolute Gasteiger partial charge is 0.468 e. The molecule has 2 fully saturated rings. The Bertz CT molecular complexity index is 1130. The SMILES string of the molecule is Cc1cc(F)ccc1S(=O)(=O)[C@H]1CS(=O)(=O)C[C@@H]1NCC(c1ccco1)N1CCCC1. The molecule has 0 amide bonds. The summed E-state index contributed by atoms with van der Waals surface area (Å²) in [4.78, 5) is 2.24. The van der Waals surface area contributed by atoms with Crippen LogP contribution >= 0.6 is 0 Å². The first-order chi connectivity index (χ1) is 14.7. The van der Waals surface area contributed by atoms with E-state index in [2.05, 4.69) is 10.2 Å². The number of hydrogen-bond donors (Lipinski definition) is 1. The summed E-state index contributed by atoms with van der Waals surface area (Å²) >= 11 is 0. The Hall–Kier alpha value is -1.75. The van der Waals surface area contributed by atoms with Crippen molar-refractivity contribution in [3.8, 4) is 0 Å². The Labute approximate surface area is 182 Å². The minimum Gasteiger partial charge on any atom is -0.468 e. The van der Waals surface area contributed by atoms with Gasteiger partial charge in [-0.25, -0.2) is 21.2 Å². The second-order valence-corrected chi connectivity index (χ2v) is 12.6. The Morgan fingerprint density at radius 3 is 2.61 bits per heavy atom. The van der Waals surface area contributed by atoms with Gasteiger partial charge in [-0.1, -0.05) is 0 Å². The summed E-state index contributed by atoms with van der Waals surface area (Å²) < 4.78 is 70.6. The van der Waals surface area contributed by atoms with Gasteiger partial charge in [0.25, 0.3) is 0 Å². The van der Waals surface area contributed by atoms with E-state index >= 15 is 0 Å². The molecule has 1 N–H and O–H groups in total. The molecule has 1 aromatic heterocycles. The van der Waals surface area contributed by atoms with Crippen molar-refractivity contribution < 1.29 is 25.6 Å². The predicted octanol–water partition coefficient (Wildman–Crippen LogP) is 2.09. The fourth-order valence-corrected chi connectivity index (χ4v) is 9.56. The monoisotopic (exact) mass is 470 g/mol. The number of nitrogens with zero attached hydrogens (tertiary/aromatic N) is 1. The van der Waals surface area contributed by atoms with Crippen molar-refractivity contribution in [2.75, 3.05) is 31.1 Å². The molecule has 0 saturated carbocycles. The van der Waals surface area contributed by atoms with Crippen molar-refractivity contribution in [2.45, 2.75) is 42.0 Å². The number of sulfone groups is 2. The molecule has 10 heteroatoms. The van der Waals surface area contributed by atoms with Crippen molar-refractivity contribution >= 4 is 19.7 Å². The maximum Gasteiger partial charge on any atom is 0.184 e. The number of furan rings is 1. The number of nitrogens with one attached hydrogen (secondary N) is 1. The van der Waals surface area contributed by atoms with Gasteiger partial charge in [0.1, 0.15) is 11.6 Å². The molecular weight excluding hydrogens is 443 g/mol. The minimum atomic E-state index is -3.97. The fourth-order valence-electron chi connectivity index (χ4n) is 4.61. The predicted molar refractivity (Wildman–Crippen MR) is 115 cm³/mol. The fraction of sp³-hybridized carbons (Fsp3) is 0.524. The van der Waals surface area contributed by atoms with Crippen LogP contribution in [0.5, 0.6) is 0 Å². The number of rotatable bonds is 7. The number of hydrogen-bond acceptors (Lipinski definition) is 7. The van der Waals surface area contributed by atoms with Gasteiger partial charge in [0.15, 0.2) is 19.7 Å². The first kappa shape index (κ1) is 22.4. The molecule has 0 aliphatic carbocycles. The molecule has 1 unspecified atom stereocenters. The van der Waals surface area contributed by atoms with E-state index in [1.54, 1.807) is 6.26 Å². The van der Waals surface area contributed by atoms with Gasteiger partial charge in [0, 0.05) is 12.6 Å². The zero-order chi connectivity index (χ0) is 22.2. The van der Waals surface area contributed by atoms with Crippen molar-refractivity contribution in [3.63, 3.8) is 0 Å². The average Bonchev–Trinajstić information content (AvgIpc) is 3.43. The lowest BCUT2D eigenvalue weighted by atomic mass is 10.1. The van der Waals surface area contributed by atoms with Crippen molar-refractivity contribution in [1.29, 1.82) is 0 Å². The van der Waals surface area contributed by atoms with E-state index in [4.69, 9.17) is 4.42 Å². The van der Waals surface area contributed by atoms with E-state index in [0.717, 1.165) is 43.8 Å². The van der Waals surface area contributed by atoms with Crippen LogP contribution in [-0.2, 0) is 19.7 Å². The maximum atomic E-state index is 13.5. The van der Waals surface area contributed by atoms with E-state index in [-0.39, 0.29) is 22.3 Å². The zero-order valence-corrected chi connectivity index (χ0v) is 19.0.